The van der Waals surface area contributed by atoms with Gasteiger partial charge in [0, 0.05) is 31.0 Å². The zero-order valence-electron chi connectivity index (χ0n) is 18.2. The smallest absolute Gasteiger partial charge is 0.252 e. The fourth-order valence-electron chi connectivity index (χ4n) is 3.94. The van der Waals surface area contributed by atoms with Crippen LogP contribution in [0.1, 0.15) is 36.5 Å². The first-order valence-electron chi connectivity index (χ1n) is 10.6. The number of aryl methyl sites for hydroxylation is 1. The fraction of sp³-hybridized carbons (Fsp3) is 0.458. The highest BCUT2D eigenvalue weighted by atomic mass is 19.1. The fourth-order valence-corrected chi connectivity index (χ4v) is 3.94. The van der Waals surface area contributed by atoms with E-state index in [9.17, 15) is 23.8 Å². The second-order valence-corrected chi connectivity index (χ2v) is 8.18. The Labute approximate surface area is 186 Å². The minimum Gasteiger partial charge on any atom is -0.390 e. The summed E-state index contributed by atoms with van der Waals surface area (Å²) >= 11 is 0. The Morgan fingerprint density at radius 3 is 2.62 bits per heavy atom. The van der Waals surface area contributed by atoms with Crippen molar-refractivity contribution in [3.8, 4) is 0 Å². The van der Waals surface area contributed by atoms with Crippen LogP contribution < -0.4 is 5.32 Å². The van der Waals surface area contributed by atoms with Gasteiger partial charge in [0.15, 0.2) is 5.60 Å². The molecular formula is C24H29F2NO5. The lowest BCUT2D eigenvalue weighted by Crippen LogP contribution is -2.60. The largest absolute Gasteiger partial charge is 0.390 e. The van der Waals surface area contributed by atoms with Crippen molar-refractivity contribution in [3.63, 3.8) is 0 Å². The van der Waals surface area contributed by atoms with Crippen molar-refractivity contribution in [3.05, 3.63) is 70.8 Å². The molecule has 0 aliphatic heterocycles. The van der Waals surface area contributed by atoms with E-state index >= 15 is 0 Å². The third kappa shape index (κ3) is 5.69. The number of aliphatic hydroxyl groups is 2. The first-order chi connectivity index (χ1) is 15.2. The summed E-state index contributed by atoms with van der Waals surface area (Å²) in [6.07, 6.45) is -3.72. The Morgan fingerprint density at radius 1 is 1.16 bits per heavy atom. The number of ether oxygens (including phenoxy) is 2. The van der Waals surface area contributed by atoms with E-state index in [4.69, 9.17) is 9.47 Å². The number of rotatable bonds is 8. The van der Waals surface area contributed by atoms with Crippen LogP contribution in [0.3, 0.4) is 0 Å². The highest BCUT2D eigenvalue weighted by Gasteiger charge is 2.51. The lowest BCUT2D eigenvalue weighted by molar-refractivity contribution is -0.200. The summed E-state index contributed by atoms with van der Waals surface area (Å²) in [7, 11) is 0. The maximum absolute atomic E-state index is 14.0. The number of amides is 1. The molecule has 32 heavy (non-hydrogen) atoms. The summed E-state index contributed by atoms with van der Waals surface area (Å²) in [5, 5.41) is 23.7. The molecule has 0 bridgehead atoms. The molecule has 6 nitrogen and oxygen atoms in total. The molecule has 0 saturated heterocycles. The van der Waals surface area contributed by atoms with Crippen molar-refractivity contribution in [2.75, 3.05) is 6.54 Å². The number of nitrogens with one attached hydrogen (secondary N) is 1. The average molecular weight is 449 g/mol. The highest BCUT2D eigenvalue weighted by Crippen LogP contribution is 2.36. The zero-order valence-corrected chi connectivity index (χ0v) is 18.2. The normalized spacial score (nSPS) is 25.5. The van der Waals surface area contributed by atoms with Crippen LogP contribution in [0.5, 0.6) is 0 Å². The minimum absolute atomic E-state index is 0.0360. The van der Waals surface area contributed by atoms with Crippen molar-refractivity contribution in [1.82, 2.24) is 5.32 Å². The Kier molecular flexibility index (Phi) is 7.95. The number of hydrogen-bond acceptors (Lipinski definition) is 5. The summed E-state index contributed by atoms with van der Waals surface area (Å²) in [4.78, 5) is 13.0. The number of halogens is 2. The summed E-state index contributed by atoms with van der Waals surface area (Å²) in [6.45, 7) is 3.94. The molecule has 174 valence electrons. The van der Waals surface area contributed by atoms with Gasteiger partial charge in [-0.15, -0.1) is 0 Å². The lowest BCUT2D eigenvalue weighted by Gasteiger charge is -2.43. The molecule has 2 aromatic rings. The van der Waals surface area contributed by atoms with Gasteiger partial charge in [0.25, 0.3) is 5.91 Å². The molecule has 2 aromatic carbocycles. The Hall–Kier alpha value is -2.39. The zero-order chi connectivity index (χ0) is 23.3. The minimum atomic E-state index is -1.44. The number of carbonyl (C=O) groups excluding carboxylic acids is 1. The number of benzene rings is 2. The van der Waals surface area contributed by atoms with Crippen molar-refractivity contribution < 1.29 is 33.3 Å². The van der Waals surface area contributed by atoms with E-state index in [-0.39, 0.29) is 31.6 Å². The third-order valence-corrected chi connectivity index (χ3v) is 5.66. The Morgan fingerprint density at radius 2 is 1.94 bits per heavy atom. The van der Waals surface area contributed by atoms with Gasteiger partial charge in [-0.1, -0.05) is 35.9 Å². The van der Waals surface area contributed by atoms with Gasteiger partial charge in [0.2, 0.25) is 0 Å². The van der Waals surface area contributed by atoms with Crippen molar-refractivity contribution in [1.29, 1.82) is 0 Å². The Balaban J connectivity index is 1.79. The predicted molar refractivity (Wildman–Crippen MR) is 114 cm³/mol. The van der Waals surface area contributed by atoms with E-state index in [2.05, 4.69) is 5.32 Å². The molecule has 0 radical (unpaired) electrons. The van der Waals surface area contributed by atoms with Gasteiger partial charge in [-0.3, -0.25) is 4.79 Å². The van der Waals surface area contributed by atoms with E-state index < -0.39 is 41.5 Å². The summed E-state index contributed by atoms with van der Waals surface area (Å²) in [6, 6.07) is 10.7. The SMILES string of the molecule is CCNC(=O)[C@@]1(OCc2cccc(C)c2)CC(OCc2ccc(F)cc2F)[C@H](O)[C@H](O)C1. The molecule has 0 aromatic heterocycles. The van der Waals surface area contributed by atoms with Gasteiger partial charge in [0.1, 0.15) is 17.7 Å². The molecule has 0 heterocycles. The maximum Gasteiger partial charge on any atom is 0.252 e. The average Bonchev–Trinajstić information content (AvgIpc) is 2.75. The first kappa shape index (κ1) is 24.3. The van der Waals surface area contributed by atoms with Gasteiger partial charge in [0.05, 0.1) is 25.4 Å². The summed E-state index contributed by atoms with van der Waals surface area (Å²) in [5.41, 5.74) is 0.563. The quantitative estimate of drug-likeness (QED) is 0.577. The molecule has 0 spiro atoms. The van der Waals surface area contributed by atoms with Gasteiger partial charge in [-0.25, -0.2) is 8.78 Å². The number of likely N-dealkylation sites (N-methyl/N-ethyl adjacent to an activating group) is 1. The van der Waals surface area contributed by atoms with Crippen molar-refractivity contribution in [2.45, 2.75) is 63.8 Å². The maximum atomic E-state index is 14.0. The number of hydrogen-bond donors (Lipinski definition) is 3. The molecule has 4 atom stereocenters. The second kappa shape index (κ2) is 10.5. The standard InChI is InChI=1S/C24H29F2NO5/c1-3-27-23(30)24(32-13-16-6-4-5-15(2)9-16)11-20(28)22(29)21(12-24)31-14-17-7-8-18(25)10-19(17)26/h4-10,20-22,28-29H,3,11-14H2,1-2H3,(H,27,30)/t20-,21?,22-,24+/m1/s1. The van der Waals surface area contributed by atoms with Crippen molar-refractivity contribution >= 4 is 5.91 Å². The van der Waals surface area contributed by atoms with Crippen LogP contribution in [0.15, 0.2) is 42.5 Å². The van der Waals surface area contributed by atoms with E-state index in [1.165, 1.54) is 6.07 Å². The summed E-state index contributed by atoms with van der Waals surface area (Å²) in [5.74, 6) is -1.90. The third-order valence-electron chi connectivity index (χ3n) is 5.66. The number of aliphatic hydroxyl groups excluding tert-OH is 2. The molecule has 1 amide bonds. The van der Waals surface area contributed by atoms with E-state index in [0.29, 0.717) is 6.54 Å². The predicted octanol–water partition coefficient (Wildman–Crippen LogP) is 2.77. The molecular weight excluding hydrogens is 420 g/mol. The second-order valence-electron chi connectivity index (χ2n) is 8.18. The molecule has 3 rings (SSSR count). The number of carbonyl (C=O) groups is 1. The lowest BCUT2D eigenvalue weighted by atomic mass is 9.78. The van der Waals surface area contributed by atoms with Gasteiger partial charge < -0.3 is 25.0 Å². The van der Waals surface area contributed by atoms with E-state index in [1.807, 2.05) is 31.2 Å². The van der Waals surface area contributed by atoms with Crippen LogP contribution >= 0.6 is 0 Å². The molecule has 1 fully saturated rings. The highest BCUT2D eigenvalue weighted by molar-refractivity contribution is 5.85. The van der Waals surface area contributed by atoms with Gasteiger partial charge in [-0.2, -0.15) is 0 Å². The van der Waals surface area contributed by atoms with Gasteiger partial charge >= 0.3 is 0 Å². The van der Waals surface area contributed by atoms with Gasteiger partial charge in [-0.05, 0) is 25.5 Å². The van der Waals surface area contributed by atoms with Crippen LogP contribution in [0.25, 0.3) is 0 Å². The summed E-state index contributed by atoms with van der Waals surface area (Å²) < 4.78 is 38.9. The van der Waals surface area contributed by atoms with Crippen LogP contribution in [-0.2, 0) is 27.5 Å². The van der Waals surface area contributed by atoms with Crippen LogP contribution in [0, 0.1) is 18.6 Å². The van der Waals surface area contributed by atoms with E-state index in [1.54, 1.807) is 6.92 Å². The van der Waals surface area contributed by atoms with E-state index in [0.717, 1.165) is 23.3 Å². The molecule has 1 unspecified atom stereocenters. The molecule has 1 aliphatic carbocycles. The van der Waals surface area contributed by atoms with Crippen LogP contribution in [-0.4, -0.2) is 46.6 Å². The molecule has 8 heteroatoms. The molecule has 3 N–H and O–H groups in total. The monoisotopic (exact) mass is 449 g/mol. The van der Waals surface area contributed by atoms with Crippen molar-refractivity contribution in [2.24, 2.45) is 0 Å². The molecule has 1 saturated carbocycles. The Bertz CT molecular complexity index is 940. The van der Waals surface area contributed by atoms with Crippen LogP contribution in [0.2, 0.25) is 0 Å². The molecule has 1 aliphatic rings. The van der Waals surface area contributed by atoms with Crippen LogP contribution in [0.4, 0.5) is 8.78 Å². The first-order valence-corrected chi connectivity index (χ1v) is 10.6. The topological polar surface area (TPSA) is 88.0 Å².